The second kappa shape index (κ2) is 8.65. The molecule has 0 saturated heterocycles. The maximum Gasteiger partial charge on any atom is 0.141 e. The summed E-state index contributed by atoms with van der Waals surface area (Å²) in [6, 6.07) is 0. The van der Waals surface area contributed by atoms with E-state index in [1.54, 1.807) is 7.05 Å². The SMILES string of the molecule is CCCC[C@@](C)(CCC)C(=O)CC(O)CNC. The predicted molar refractivity (Wildman–Crippen MR) is 72.1 cm³/mol. The van der Waals surface area contributed by atoms with Crippen LogP contribution >= 0.6 is 0 Å². The lowest BCUT2D eigenvalue weighted by Gasteiger charge is -2.28. The topological polar surface area (TPSA) is 49.3 Å². The van der Waals surface area contributed by atoms with Crippen LogP contribution in [0, 0.1) is 5.41 Å². The first kappa shape index (κ1) is 16.6. The zero-order valence-corrected chi connectivity index (χ0v) is 11.9. The third kappa shape index (κ3) is 6.18. The van der Waals surface area contributed by atoms with E-state index in [0.29, 0.717) is 6.54 Å². The average Bonchev–Trinajstić information content (AvgIpc) is 2.27. The highest BCUT2D eigenvalue weighted by Crippen LogP contribution is 2.32. The van der Waals surface area contributed by atoms with Gasteiger partial charge in [0.25, 0.3) is 0 Å². The van der Waals surface area contributed by atoms with Gasteiger partial charge in [0.05, 0.1) is 6.10 Å². The molecule has 0 aliphatic rings. The van der Waals surface area contributed by atoms with Crippen molar-refractivity contribution in [1.29, 1.82) is 0 Å². The van der Waals surface area contributed by atoms with Crippen LogP contribution in [-0.4, -0.2) is 30.6 Å². The van der Waals surface area contributed by atoms with E-state index in [4.69, 9.17) is 0 Å². The fourth-order valence-corrected chi connectivity index (χ4v) is 2.29. The van der Waals surface area contributed by atoms with Crippen LogP contribution in [0.3, 0.4) is 0 Å². The van der Waals surface area contributed by atoms with E-state index in [1.807, 2.05) is 0 Å². The number of ketones is 1. The van der Waals surface area contributed by atoms with Gasteiger partial charge in [0.15, 0.2) is 0 Å². The first-order valence-corrected chi connectivity index (χ1v) is 6.86. The third-order valence-corrected chi connectivity index (χ3v) is 3.42. The van der Waals surface area contributed by atoms with Crippen molar-refractivity contribution in [1.82, 2.24) is 5.32 Å². The molecule has 0 aromatic rings. The van der Waals surface area contributed by atoms with Crippen molar-refractivity contribution in [3.8, 4) is 0 Å². The van der Waals surface area contributed by atoms with Gasteiger partial charge in [-0.15, -0.1) is 0 Å². The molecular formula is C14H29NO2. The number of hydrogen-bond donors (Lipinski definition) is 2. The highest BCUT2D eigenvalue weighted by Gasteiger charge is 2.32. The van der Waals surface area contributed by atoms with Crippen LogP contribution in [-0.2, 0) is 4.79 Å². The number of carbonyl (C=O) groups is 1. The summed E-state index contributed by atoms with van der Waals surface area (Å²) in [5.41, 5.74) is -0.237. The second-order valence-corrected chi connectivity index (χ2v) is 5.25. The average molecular weight is 243 g/mol. The van der Waals surface area contributed by atoms with E-state index in [0.717, 1.165) is 32.1 Å². The molecule has 0 aromatic heterocycles. The van der Waals surface area contributed by atoms with Crippen LogP contribution in [0.5, 0.6) is 0 Å². The quantitative estimate of drug-likeness (QED) is 0.620. The van der Waals surface area contributed by atoms with Gasteiger partial charge in [0, 0.05) is 18.4 Å². The normalized spacial score (nSPS) is 16.5. The van der Waals surface area contributed by atoms with Crippen LogP contribution in [0.15, 0.2) is 0 Å². The van der Waals surface area contributed by atoms with Crippen molar-refractivity contribution in [3.63, 3.8) is 0 Å². The molecule has 0 aromatic carbocycles. The number of hydrogen-bond acceptors (Lipinski definition) is 3. The Labute approximate surface area is 106 Å². The van der Waals surface area contributed by atoms with Gasteiger partial charge in [0.2, 0.25) is 0 Å². The number of Topliss-reactive ketones (excluding diaryl/α,β-unsaturated/α-hetero) is 1. The highest BCUT2D eigenvalue weighted by atomic mass is 16.3. The molecule has 0 bridgehead atoms. The minimum absolute atomic E-state index is 0.218. The number of likely N-dealkylation sites (N-methyl/N-ethyl adjacent to an activating group) is 1. The van der Waals surface area contributed by atoms with E-state index < -0.39 is 6.10 Å². The van der Waals surface area contributed by atoms with E-state index in [-0.39, 0.29) is 17.6 Å². The lowest BCUT2D eigenvalue weighted by Crippen LogP contribution is -2.34. The van der Waals surface area contributed by atoms with Crippen LogP contribution in [0.4, 0.5) is 0 Å². The minimum Gasteiger partial charge on any atom is -0.391 e. The van der Waals surface area contributed by atoms with Gasteiger partial charge in [-0.25, -0.2) is 0 Å². The Morgan fingerprint density at radius 3 is 2.41 bits per heavy atom. The Kier molecular flexibility index (Phi) is 8.44. The van der Waals surface area contributed by atoms with Gasteiger partial charge in [-0.2, -0.15) is 0 Å². The van der Waals surface area contributed by atoms with Gasteiger partial charge in [0.1, 0.15) is 5.78 Å². The first-order valence-electron chi connectivity index (χ1n) is 6.86. The summed E-state index contributed by atoms with van der Waals surface area (Å²) in [5.74, 6) is 0.218. The standard InChI is InChI=1S/C14H29NO2/c1-5-7-9-14(3,8-6-2)13(17)10-12(16)11-15-4/h12,15-16H,5-11H2,1-4H3/t12?,14-/m1/s1. The molecule has 3 nitrogen and oxygen atoms in total. The van der Waals surface area contributed by atoms with Gasteiger partial charge in [-0.05, 0) is 19.9 Å². The molecule has 0 heterocycles. The van der Waals surface area contributed by atoms with Gasteiger partial charge < -0.3 is 10.4 Å². The molecule has 0 rings (SSSR count). The Balaban J connectivity index is 4.41. The number of aliphatic hydroxyl groups is 1. The maximum absolute atomic E-state index is 12.3. The Bertz CT molecular complexity index is 218. The molecule has 0 aliphatic carbocycles. The fraction of sp³-hybridized carbons (Fsp3) is 0.929. The minimum atomic E-state index is -0.551. The van der Waals surface area contributed by atoms with Crippen molar-refractivity contribution in [2.45, 2.75) is 65.4 Å². The van der Waals surface area contributed by atoms with Crippen molar-refractivity contribution in [2.75, 3.05) is 13.6 Å². The summed E-state index contributed by atoms with van der Waals surface area (Å²) in [6.45, 7) is 6.80. The largest absolute Gasteiger partial charge is 0.391 e. The number of carbonyl (C=O) groups excluding carboxylic acids is 1. The third-order valence-electron chi connectivity index (χ3n) is 3.42. The van der Waals surface area contributed by atoms with Crippen LogP contribution in [0.1, 0.15) is 59.3 Å². The molecule has 102 valence electrons. The van der Waals surface area contributed by atoms with Gasteiger partial charge >= 0.3 is 0 Å². The van der Waals surface area contributed by atoms with Crippen molar-refractivity contribution in [2.24, 2.45) is 5.41 Å². The second-order valence-electron chi connectivity index (χ2n) is 5.25. The highest BCUT2D eigenvalue weighted by molar-refractivity contribution is 5.84. The molecule has 2 atom stereocenters. The molecule has 0 spiro atoms. The van der Waals surface area contributed by atoms with Crippen LogP contribution in [0.25, 0.3) is 0 Å². The van der Waals surface area contributed by atoms with Crippen LogP contribution < -0.4 is 5.32 Å². The first-order chi connectivity index (χ1) is 8.00. The Morgan fingerprint density at radius 2 is 1.94 bits per heavy atom. The summed E-state index contributed by atoms with van der Waals surface area (Å²) in [6.07, 6.45) is 4.83. The smallest absolute Gasteiger partial charge is 0.141 e. The van der Waals surface area contributed by atoms with E-state index in [2.05, 4.69) is 26.1 Å². The van der Waals surface area contributed by atoms with Crippen molar-refractivity contribution < 1.29 is 9.90 Å². The molecule has 1 unspecified atom stereocenters. The van der Waals surface area contributed by atoms with E-state index in [9.17, 15) is 9.90 Å². The molecule has 0 saturated carbocycles. The Morgan fingerprint density at radius 1 is 1.29 bits per heavy atom. The number of rotatable bonds is 10. The molecular weight excluding hydrogens is 214 g/mol. The fourth-order valence-electron chi connectivity index (χ4n) is 2.29. The van der Waals surface area contributed by atoms with Crippen molar-refractivity contribution in [3.05, 3.63) is 0 Å². The summed E-state index contributed by atoms with van der Waals surface area (Å²) in [5, 5.41) is 12.6. The summed E-state index contributed by atoms with van der Waals surface area (Å²) in [7, 11) is 1.79. The van der Waals surface area contributed by atoms with E-state index >= 15 is 0 Å². The molecule has 0 amide bonds. The number of aliphatic hydroxyl groups excluding tert-OH is 1. The molecule has 3 heteroatoms. The molecule has 17 heavy (non-hydrogen) atoms. The lowest BCUT2D eigenvalue weighted by molar-refractivity contribution is -0.130. The molecule has 2 N–H and O–H groups in total. The van der Waals surface area contributed by atoms with Crippen LogP contribution in [0.2, 0.25) is 0 Å². The summed E-state index contributed by atoms with van der Waals surface area (Å²) in [4.78, 5) is 12.3. The number of nitrogens with one attached hydrogen (secondary N) is 1. The zero-order chi connectivity index (χ0) is 13.3. The maximum atomic E-state index is 12.3. The Hall–Kier alpha value is -0.410. The predicted octanol–water partition coefficient (Wildman–Crippen LogP) is 2.52. The molecule has 0 aliphatic heterocycles. The molecule has 0 fully saturated rings. The van der Waals surface area contributed by atoms with E-state index in [1.165, 1.54) is 0 Å². The monoisotopic (exact) mass is 243 g/mol. The lowest BCUT2D eigenvalue weighted by atomic mass is 9.75. The zero-order valence-electron chi connectivity index (χ0n) is 11.9. The summed E-state index contributed by atoms with van der Waals surface area (Å²) < 4.78 is 0. The molecule has 0 radical (unpaired) electrons. The van der Waals surface area contributed by atoms with Gasteiger partial charge in [-0.1, -0.05) is 40.0 Å². The number of unbranched alkanes of at least 4 members (excludes halogenated alkanes) is 1. The van der Waals surface area contributed by atoms with Crippen molar-refractivity contribution >= 4 is 5.78 Å². The summed E-state index contributed by atoms with van der Waals surface area (Å²) >= 11 is 0. The van der Waals surface area contributed by atoms with Gasteiger partial charge in [-0.3, -0.25) is 4.79 Å².